The molecule has 6 N–H and O–H groups in total. The smallest absolute Gasteiger partial charge is 0.321 e. The second kappa shape index (κ2) is 20.7. The molecule has 55 heavy (non-hydrogen) atoms. The van der Waals surface area contributed by atoms with Gasteiger partial charge in [0.25, 0.3) is 0 Å². The van der Waals surface area contributed by atoms with Crippen molar-refractivity contribution >= 4 is 35.3 Å². The molecule has 4 aromatic rings. The van der Waals surface area contributed by atoms with Crippen LogP contribution >= 0.6 is 0 Å². The lowest BCUT2D eigenvalue weighted by Gasteiger charge is -2.32. The van der Waals surface area contributed by atoms with Crippen molar-refractivity contribution in [3.8, 4) is 11.4 Å². The Morgan fingerprint density at radius 1 is 0.673 bits per heavy atom. The predicted octanol–water partition coefficient (Wildman–Crippen LogP) is 6.50. The van der Waals surface area contributed by atoms with Gasteiger partial charge in [0.05, 0.1) is 23.3 Å². The Hall–Kier alpha value is -5.67. The highest BCUT2D eigenvalue weighted by molar-refractivity contribution is 5.90. The fourth-order valence-corrected chi connectivity index (χ4v) is 7.05. The number of likely N-dealkylation sites (tertiary alicyclic amines) is 2. The van der Waals surface area contributed by atoms with Crippen LogP contribution < -0.4 is 21.6 Å². The van der Waals surface area contributed by atoms with E-state index in [9.17, 15) is 19.2 Å². The van der Waals surface area contributed by atoms with E-state index in [-0.39, 0.29) is 23.9 Å². The number of urea groups is 2. The van der Waals surface area contributed by atoms with Crippen molar-refractivity contribution in [1.29, 1.82) is 0 Å². The summed E-state index contributed by atoms with van der Waals surface area (Å²) in [5.41, 5.74) is 7.70. The Balaban J connectivity index is 0.000000211. The molecule has 6 amide bonds. The molecule has 0 aliphatic carbocycles. The quantitative estimate of drug-likeness (QED) is 0.0704. The maximum absolute atomic E-state index is 12.6. The first kappa shape index (κ1) is 40.5. The molecule has 2 aliphatic rings. The molecule has 294 valence electrons. The van der Waals surface area contributed by atoms with Crippen molar-refractivity contribution in [1.82, 2.24) is 35.1 Å². The van der Waals surface area contributed by atoms with Gasteiger partial charge in [-0.3, -0.25) is 20.0 Å². The number of piperidine rings is 2. The fraction of sp³-hybridized carbons (Fsp3) is 0.425. The Morgan fingerprint density at radius 3 is 1.69 bits per heavy atom. The van der Waals surface area contributed by atoms with Gasteiger partial charge in [-0.1, -0.05) is 18.2 Å². The summed E-state index contributed by atoms with van der Waals surface area (Å²) in [6.07, 6.45) is 13.5. The molecule has 15 heteroatoms. The summed E-state index contributed by atoms with van der Waals surface area (Å²) in [5, 5.41) is 27.3. The van der Waals surface area contributed by atoms with Crippen molar-refractivity contribution in [2.45, 2.75) is 71.1 Å². The van der Waals surface area contributed by atoms with Crippen LogP contribution in [0.5, 0.6) is 0 Å². The normalized spacial score (nSPS) is 14.7. The molecule has 0 unspecified atom stereocenters. The molecular weight excluding hydrogens is 702 g/mol. The molecule has 0 atom stereocenters. The Morgan fingerprint density at radius 2 is 1.18 bits per heavy atom. The number of hydrogen-bond donors (Lipinski definition) is 6. The van der Waals surface area contributed by atoms with Crippen molar-refractivity contribution < 1.29 is 29.6 Å². The molecule has 2 fully saturated rings. The van der Waals surface area contributed by atoms with Gasteiger partial charge >= 0.3 is 12.1 Å². The number of nitrogens with one attached hydrogen (secondary N) is 4. The lowest BCUT2D eigenvalue weighted by atomic mass is 9.91. The Bertz CT molecular complexity index is 1800. The van der Waals surface area contributed by atoms with E-state index in [4.69, 9.17) is 10.4 Å². The minimum Gasteiger partial charge on any atom is -0.325 e. The van der Waals surface area contributed by atoms with Crippen molar-refractivity contribution in [3.05, 3.63) is 91.0 Å². The van der Waals surface area contributed by atoms with E-state index in [1.807, 2.05) is 105 Å². The van der Waals surface area contributed by atoms with Crippen LogP contribution in [0.25, 0.3) is 11.4 Å². The largest absolute Gasteiger partial charge is 0.325 e. The molecule has 2 aromatic carbocycles. The number of amides is 6. The third-order valence-electron chi connectivity index (χ3n) is 10.4. The van der Waals surface area contributed by atoms with Gasteiger partial charge in [-0.2, -0.15) is 5.10 Å². The lowest BCUT2D eigenvalue weighted by Crippen LogP contribution is -2.41. The van der Waals surface area contributed by atoms with Crippen LogP contribution in [-0.4, -0.2) is 84.6 Å². The zero-order valence-electron chi connectivity index (χ0n) is 31.4. The molecule has 6 rings (SSSR count). The van der Waals surface area contributed by atoms with Gasteiger partial charge in [0.1, 0.15) is 0 Å². The first-order chi connectivity index (χ1) is 26.7. The Kier molecular flexibility index (Phi) is 15.2. The molecule has 0 spiro atoms. The van der Waals surface area contributed by atoms with Gasteiger partial charge < -0.3 is 25.0 Å². The van der Waals surface area contributed by atoms with E-state index >= 15 is 0 Å². The molecule has 0 bridgehead atoms. The number of anilines is 2. The highest BCUT2D eigenvalue weighted by Gasteiger charge is 2.25. The van der Waals surface area contributed by atoms with Crippen LogP contribution in [0.4, 0.5) is 21.0 Å². The number of benzene rings is 2. The van der Waals surface area contributed by atoms with Gasteiger partial charge in [-0.25, -0.2) is 25.2 Å². The number of para-hydroxylation sites is 1. The topological polar surface area (TPSA) is 186 Å². The monoisotopic (exact) mass is 755 g/mol. The number of rotatable bonds is 12. The maximum Gasteiger partial charge on any atom is 0.321 e. The first-order valence-electron chi connectivity index (χ1n) is 19.0. The molecule has 2 aromatic heterocycles. The summed E-state index contributed by atoms with van der Waals surface area (Å²) in [5.74, 6) is 0.359. The van der Waals surface area contributed by atoms with Crippen LogP contribution in [0, 0.1) is 18.8 Å². The number of hydroxylamine groups is 2. The van der Waals surface area contributed by atoms with Crippen LogP contribution in [0.2, 0.25) is 0 Å². The average molecular weight is 756 g/mol. The van der Waals surface area contributed by atoms with Gasteiger partial charge in [0, 0.05) is 62.8 Å². The SMILES string of the molecule is Cc1c(NC(=O)N2CCC(CCCC(=O)NO)CC2)cnn1-c1ccccc1.O=C(CCCC1CCN(C(=O)Nc2ccc(-n3cccc3)cc2)CC1)NO. The highest BCUT2D eigenvalue weighted by Crippen LogP contribution is 2.25. The third kappa shape index (κ3) is 12.2. The summed E-state index contributed by atoms with van der Waals surface area (Å²) in [4.78, 5) is 50.8. The van der Waals surface area contributed by atoms with Gasteiger partial charge in [0.2, 0.25) is 11.8 Å². The summed E-state index contributed by atoms with van der Waals surface area (Å²) in [6, 6.07) is 21.4. The molecule has 4 heterocycles. The Labute approximate surface area is 321 Å². The van der Waals surface area contributed by atoms with Gasteiger partial charge in [0.15, 0.2) is 0 Å². The minimum atomic E-state index is -0.344. The van der Waals surface area contributed by atoms with Crippen LogP contribution in [0.1, 0.15) is 69.9 Å². The van der Waals surface area contributed by atoms with Crippen LogP contribution in [0.3, 0.4) is 0 Å². The van der Waals surface area contributed by atoms with E-state index < -0.39 is 0 Å². The maximum atomic E-state index is 12.6. The third-order valence-corrected chi connectivity index (χ3v) is 10.4. The zero-order chi connectivity index (χ0) is 39.0. The van der Waals surface area contributed by atoms with E-state index in [0.29, 0.717) is 43.5 Å². The van der Waals surface area contributed by atoms with Crippen LogP contribution in [-0.2, 0) is 9.59 Å². The van der Waals surface area contributed by atoms with Gasteiger partial charge in [-0.05, 0) is 119 Å². The van der Waals surface area contributed by atoms with E-state index in [2.05, 4.69) is 15.7 Å². The molecule has 15 nitrogen and oxygen atoms in total. The second-order valence-electron chi connectivity index (χ2n) is 14.1. The van der Waals surface area contributed by atoms with E-state index in [1.54, 1.807) is 17.2 Å². The van der Waals surface area contributed by atoms with Crippen molar-refractivity contribution in [2.24, 2.45) is 11.8 Å². The van der Waals surface area contributed by atoms with Crippen LogP contribution in [0.15, 0.2) is 85.3 Å². The summed E-state index contributed by atoms with van der Waals surface area (Å²) < 4.78 is 3.82. The number of hydrogen-bond acceptors (Lipinski definition) is 7. The van der Waals surface area contributed by atoms with Crippen molar-refractivity contribution in [3.63, 3.8) is 0 Å². The zero-order valence-corrected chi connectivity index (χ0v) is 31.4. The highest BCUT2D eigenvalue weighted by atomic mass is 16.5. The minimum absolute atomic E-state index is 0.0678. The molecule has 2 aliphatic heterocycles. The second-order valence-corrected chi connectivity index (χ2v) is 14.1. The number of carbonyl (C=O) groups is 4. The summed E-state index contributed by atoms with van der Waals surface area (Å²) in [7, 11) is 0. The van der Waals surface area contributed by atoms with E-state index in [1.165, 1.54) is 0 Å². The first-order valence-corrected chi connectivity index (χ1v) is 19.0. The molecule has 2 saturated heterocycles. The summed E-state index contributed by atoms with van der Waals surface area (Å²) >= 11 is 0. The fourth-order valence-electron chi connectivity index (χ4n) is 7.05. The molecular formula is C40H53N9O6. The number of carbonyl (C=O) groups excluding carboxylic acids is 4. The predicted molar refractivity (Wildman–Crippen MR) is 208 cm³/mol. The lowest BCUT2D eigenvalue weighted by molar-refractivity contribution is -0.130. The van der Waals surface area contributed by atoms with Gasteiger partial charge in [-0.15, -0.1) is 0 Å². The molecule has 0 saturated carbocycles. The number of aromatic nitrogens is 3. The number of nitrogens with zero attached hydrogens (tertiary/aromatic N) is 5. The van der Waals surface area contributed by atoms with E-state index in [0.717, 1.165) is 87.2 Å². The standard InChI is InChI=1S/C20H27N5O3.C20H26N4O3/c1-15-18(14-21-25(15)17-7-3-2-4-8-17)22-20(27)24-12-10-16(11-13-24)6-5-9-19(26)23-28;25-19(22-27)5-3-4-16-10-14-24(15-11-16)20(26)21-17-6-8-18(9-7-17)23-12-1-2-13-23/h2-4,7-8,14,16,28H,5-6,9-13H2,1H3,(H,22,27)(H,23,26);1-2,6-9,12-13,16,27H,3-5,10-11,14-15H2,(H,21,26)(H,22,25). The summed E-state index contributed by atoms with van der Waals surface area (Å²) in [6.45, 7) is 4.79. The van der Waals surface area contributed by atoms with Crippen molar-refractivity contribution in [2.75, 3.05) is 36.8 Å². The molecule has 0 radical (unpaired) electrons. The average Bonchev–Trinajstić information content (AvgIpc) is 3.89.